The van der Waals surface area contributed by atoms with E-state index in [1.807, 2.05) is 0 Å². The number of benzene rings is 1. The molecule has 0 aromatic heterocycles. The monoisotopic (exact) mass is 258 g/mol. The van der Waals surface area contributed by atoms with Crippen LogP contribution in [0.25, 0.3) is 0 Å². The lowest BCUT2D eigenvalue weighted by Gasteiger charge is -2.36. The van der Waals surface area contributed by atoms with Gasteiger partial charge in [0, 0.05) is 12.6 Å². The first kappa shape index (κ1) is 11.9. The molecule has 2 fully saturated rings. The van der Waals surface area contributed by atoms with Crippen LogP contribution in [-0.4, -0.2) is 37.2 Å². The fourth-order valence-corrected chi connectivity index (χ4v) is 4.25. The summed E-state index contributed by atoms with van der Waals surface area (Å²) in [6.07, 6.45) is 0. The molecule has 3 heterocycles. The van der Waals surface area contributed by atoms with Crippen LogP contribution in [0, 0.1) is 11.8 Å². The van der Waals surface area contributed by atoms with Crippen LogP contribution in [0.4, 0.5) is 0 Å². The Morgan fingerprint density at radius 1 is 1.26 bits per heavy atom. The van der Waals surface area contributed by atoms with Crippen molar-refractivity contribution in [3.8, 4) is 0 Å². The average molecular weight is 258 g/mol. The van der Waals surface area contributed by atoms with Crippen LogP contribution >= 0.6 is 0 Å². The van der Waals surface area contributed by atoms with Crippen molar-refractivity contribution in [1.82, 2.24) is 10.2 Å². The first-order valence-corrected chi connectivity index (χ1v) is 7.46. The summed E-state index contributed by atoms with van der Waals surface area (Å²) in [4.78, 5) is 2.69. The van der Waals surface area contributed by atoms with Gasteiger partial charge in [-0.15, -0.1) is 0 Å². The number of fused-ring (bicyclic) bond motifs is 2. The van der Waals surface area contributed by atoms with Gasteiger partial charge >= 0.3 is 0 Å². The van der Waals surface area contributed by atoms with Crippen molar-refractivity contribution < 1.29 is 4.74 Å². The maximum atomic E-state index is 5.83. The molecule has 4 rings (SSSR count). The lowest BCUT2D eigenvalue weighted by molar-refractivity contribution is 0.0252. The largest absolute Gasteiger partial charge is 0.375 e. The normalized spacial score (nSPS) is 38.2. The summed E-state index contributed by atoms with van der Waals surface area (Å²) >= 11 is 0. The topological polar surface area (TPSA) is 24.5 Å². The summed E-state index contributed by atoms with van der Waals surface area (Å²) in [6.45, 7) is 7.64. The SMILES string of the molecule is CC1C2CNCC2CN1C1COCc2ccccc21. The van der Waals surface area contributed by atoms with Gasteiger partial charge < -0.3 is 10.1 Å². The van der Waals surface area contributed by atoms with Crippen molar-refractivity contribution >= 4 is 0 Å². The van der Waals surface area contributed by atoms with Gasteiger partial charge in [0.1, 0.15) is 0 Å². The van der Waals surface area contributed by atoms with Crippen molar-refractivity contribution in [2.24, 2.45) is 11.8 Å². The maximum absolute atomic E-state index is 5.83. The highest BCUT2D eigenvalue weighted by Crippen LogP contribution is 2.40. The molecule has 0 amide bonds. The van der Waals surface area contributed by atoms with E-state index in [1.165, 1.54) is 30.8 Å². The van der Waals surface area contributed by atoms with Crippen molar-refractivity contribution in [2.45, 2.75) is 25.6 Å². The van der Waals surface area contributed by atoms with Gasteiger partial charge in [0.05, 0.1) is 19.3 Å². The molecule has 0 spiro atoms. The molecule has 0 radical (unpaired) electrons. The van der Waals surface area contributed by atoms with Crippen LogP contribution in [0.1, 0.15) is 24.1 Å². The van der Waals surface area contributed by atoms with E-state index in [4.69, 9.17) is 4.74 Å². The van der Waals surface area contributed by atoms with Crippen LogP contribution in [-0.2, 0) is 11.3 Å². The van der Waals surface area contributed by atoms with E-state index < -0.39 is 0 Å². The van der Waals surface area contributed by atoms with E-state index in [0.29, 0.717) is 12.1 Å². The quantitative estimate of drug-likeness (QED) is 0.831. The molecule has 3 nitrogen and oxygen atoms in total. The predicted molar refractivity (Wildman–Crippen MR) is 74.9 cm³/mol. The maximum Gasteiger partial charge on any atom is 0.0721 e. The molecule has 3 heteroatoms. The van der Waals surface area contributed by atoms with Gasteiger partial charge in [-0.1, -0.05) is 24.3 Å². The van der Waals surface area contributed by atoms with Crippen LogP contribution in [0.5, 0.6) is 0 Å². The van der Waals surface area contributed by atoms with Gasteiger partial charge in [-0.3, -0.25) is 4.90 Å². The van der Waals surface area contributed by atoms with Gasteiger partial charge in [-0.25, -0.2) is 0 Å². The van der Waals surface area contributed by atoms with E-state index >= 15 is 0 Å². The summed E-state index contributed by atoms with van der Waals surface area (Å²) < 4.78 is 5.83. The molecule has 3 aliphatic rings. The minimum absolute atomic E-state index is 0.463. The Morgan fingerprint density at radius 2 is 2.16 bits per heavy atom. The van der Waals surface area contributed by atoms with Gasteiger partial charge in [-0.05, 0) is 43.0 Å². The Labute approximate surface area is 114 Å². The second-order valence-corrected chi connectivity index (χ2v) is 6.25. The number of rotatable bonds is 1. The molecular formula is C16H22N2O. The number of hydrogen-bond acceptors (Lipinski definition) is 3. The van der Waals surface area contributed by atoms with E-state index in [2.05, 4.69) is 41.4 Å². The third-order valence-corrected chi connectivity index (χ3v) is 5.33. The summed E-state index contributed by atoms with van der Waals surface area (Å²) in [5.41, 5.74) is 2.87. The van der Waals surface area contributed by atoms with Crippen molar-refractivity contribution in [3.63, 3.8) is 0 Å². The molecule has 4 atom stereocenters. The molecule has 3 aliphatic heterocycles. The Hall–Kier alpha value is -0.900. The number of likely N-dealkylation sites (tertiary alicyclic amines) is 1. The Kier molecular flexibility index (Phi) is 2.87. The summed E-state index contributed by atoms with van der Waals surface area (Å²) in [5.74, 6) is 1.66. The zero-order valence-corrected chi connectivity index (χ0v) is 11.5. The van der Waals surface area contributed by atoms with Crippen LogP contribution < -0.4 is 5.32 Å². The smallest absolute Gasteiger partial charge is 0.0721 e. The molecule has 1 aromatic carbocycles. The second kappa shape index (κ2) is 4.58. The minimum atomic E-state index is 0.463. The van der Waals surface area contributed by atoms with Gasteiger partial charge in [0.2, 0.25) is 0 Å². The van der Waals surface area contributed by atoms with Crippen molar-refractivity contribution in [2.75, 3.05) is 26.2 Å². The molecule has 1 N–H and O–H groups in total. The molecular weight excluding hydrogens is 236 g/mol. The van der Waals surface area contributed by atoms with Gasteiger partial charge in [0.25, 0.3) is 0 Å². The highest BCUT2D eigenvalue weighted by Gasteiger charge is 2.45. The molecule has 0 saturated carbocycles. The van der Waals surface area contributed by atoms with Crippen molar-refractivity contribution in [1.29, 1.82) is 0 Å². The zero-order valence-electron chi connectivity index (χ0n) is 11.5. The van der Waals surface area contributed by atoms with E-state index in [1.54, 1.807) is 0 Å². The fraction of sp³-hybridized carbons (Fsp3) is 0.625. The Morgan fingerprint density at radius 3 is 3.05 bits per heavy atom. The lowest BCUT2D eigenvalue weighted by atomic mass is 9.94. The Balaban J connectivity index is 1.64. The first-order chi connectivity index (χ1) is 9.34. The van der Waals surface area contributed by atoms with E-state index in [-0.39, 0.29) is 0 Å². The third-order valence-electron chi connectivity index (χ3n) is 5.33. The second-order valence-electron chi connectivity index (χ2n) is 6.25. The number of ether oxygens (including phenoxy) is 1. The number of hydrogen-bond donors (Lipinski definition) is 1. The molecule has 2 saturated heterocycles. The fourth-order valence-electron chi connectivity index (χ4n) is 4.25. The van der Waals surface area contributed by atoms with Gasteiger partial charge in [0.15, 0.2) is 0 Å². The average Bonchev–Trinajstić information content (AvgIpc) is 3.02. The van der Waals surface area contributed by atoms with Gasteiger partial charge in [-0.2, -0.15) is 0 Å². The highest BCUT2D eigenvalue weighted by molar-refractivity contribution is 5.31. The summed E-state index contributed by atoms with van der Waals surface area (Å²) in [7, 11) is 0. The van der Waals surface area contributed by atoms with Crippen LogP contribution in [0.3, 0.4) is 0 Å². The molecule has 0 aliphatic carbocycles. The Bertz CT molecular complexity index is 476. The summed E-state index contributed by atoms with van der Waals surface area (Å²) in [5, 5.41) is 3.54. The predicted octanol–water partition coefficient (Wildman–Crippen LogP) is 1.80. The zero-order chi connectivity index (χ0) is 12.8. The molecule has 4 unspecified atom stereocenters. The first-order valence-electron chi connectivity index (χ1n) is 7.46. The molecule has 1 aromatic rings. The lowest BCUT2D eigenvalue weighted by Crippen LogP contribution is -2.40. The standard InChI is InChI=1S/C16H22N2O/c1-11-15-7-17-6-13(15)8-18(11)16-10-19-9-12-4-2-3-5-14(12)16/h2-5,11,13,15-17H,6-10H2,1H3. The van der Waals surface area contributed by atoms with E-state index in [0.717, 1.165) is 25.0 Å². The van der Waals surface area contributed by atoms with Crippen LogP contribution in [0.15, 0.2) is 24.3 Å². The minimum Gasteiger partial charge on any atom is -0.375 e. The highest BCUT2D eigenvalue weighted by atomic mass is 16.5. The van der Waals surface area contributed by atoms with Crippen LogP contribution in [0.2, 0.25) is 0 Å². The molecule has 0 bridgehead atoms. The summed E-state index contributed by atoms with van der Waals surface area (Å²) in [6, 6.07) is 9.92. The molecule has 102 valence electrons. The van der Waals surface area contributed by atoms with Crippen molar-refractivity contribution in [3.05, 3.63) is 35.4 Å². The van der Waals surface area contributed by atoms with E-state index in [9.17, 15) is 0 Å². The third kappa shape index (κ3) is 1.83. The number of nitrogens with zero attached hydrogens (tertiary/aromatic N) is 1. The number of nitrogens with one attached hydrogen (secondary N) is 1. The molecule has 19 heavy (non-hydrogen) atoms.